The summed E-state index contributed by atoms with van der Waals surface area (Å²) in [6.07, 6.45) is 0. The van der Waals surface area contributed by atoms with Gasteiger partial charge in [-0.15, -0.1) is 0 Å². The number of rotatable bonds is 6. The summed E-state index contributed by atoms with van der Waals surface area (Å²) in [6, 6.07) is 6.63. The van der Waals surface area contributed by atoms with Gasteiger partial charge in [0.25, 0.3) is 5.91 Å². The van der Waals surface area contributed by atoms with Crippen LogP contribution in [0.1, 0.15) is 21.9 Å². The number of carbonyl (C=O) groups excluding carboxylic acids is 2. The van der Waals surface area contributed by atoms with E-state index in [4.69, 9.17) is 13.9 Å². The van der Waals surface area contributed by atoms with E-state index in [-0.39, 0.29) is 18.4 Å². The predicted octanol–water partition coefficient (Wildman–Crippen LogP) is 2.74. The largest absolute Gasteiger partial charge is 0.494 e. The van der Waals surface area contributed by atoms with Crippen LogP contribution < -0.4 is 15.4 Å². The van der Waals surface area contributed by atoms with Gasteiger partial charge in [0.05, 0.1) is 18.4 Å². The number of carbonyl (C=O) groups is 2. The third kappa shape index (κ3) is 4.14. The minimum Gasteiger partial charge on any atom is -0.494 e. The standard InChI is InChI=1S/C17H20N2O5/c1-10-7-13(11(2)24-10)17(21)18-12-5-6-14(15(8-12)23-4)19-16(20)9-22-3/h5-8H,9H2,1-4H3,(H,18,21)(H,19,20). The summed E-state index contributed by atoms with van der Waals surface area (Å²) in [5.74, 6) is 1.09. The highest BCUT2D eigenvalue weighted by atomic mass is 16.5. The lowest BCUT2D eigenvalue weighted by molar-refractivity contribution is -0.119. The lowest BCUT2D eigenvalue weighted by atomic mass is 10.2. The average Bonchev–Trinajstić information content (AvgIpc) is 2.87. The molecule has 0 spiro atoms. The number of hydrogen-bond donors (Lipinski definition) is 2. The van der Waals surface area contributed by atoms with Crippen LogP contribution in [0, 0.1) is 13.8 Å². The smallest absolute Gasteiger partial charge is 0.259 e. The molecule has 0 bridgehead atoms. The molecule has 1 aromatic heterocycles. The summed E-state index contributed by atoms with van der Waals surface area (Å²) in [5.41, 5.74) is 1.51. The van der Waals surface area contributed by atoms with Gasteiger partial charge in [0.2, 0.25) is 5.91 Å². The number of ether oxygens (including phenoxy) is 2. The molecule has 128 valence electrons. The molecule has 0 aliphatic heterocycles. The van der Waals surface area contributed by atoms with Crippen LogP contribution in [-0.4, -0.2) is 32.6 Å². The van der Waals surface area contributed by atoms with Gasteiger partial charge in [-0.05, 0) is 32.0 Å². The third-order valence-corrected chi connectivity index (χ3v) is 3.29. The molecular weight excluding hydrogens is 312 g/mol. The zero-order valence-corrected chi connectivity index (χ0v) is 14.1. The van der Waals surface area contributed by atoms with E-state index < -0.39 is 0 Å². The van der Waals surface area contributed by atoms with Gasteiger partial charge >= 0.3 is 0 Å². The Morgan fingerprint density at radius 2 is 1.88 bits per heavy atom. The Kier molecular flexibility index (Phi) is 5.59. The van der Waals surface area contributed by atoms with Crippen molar-refractivity contribution in [2.45, 2.75) is 13.8 Å². The Bertz CT molecular complexity index is 751. The number of hydrogen-bond acceptors (Lipinski definition) is 5. The van der Waals surface area contributed by atoms with Crippen LogP contribution in [0.5, 0.6) is 5.75 Å². The van der Waals surface area contributed by atoms with Gasteiger partial charge in [0.15, 0.2) is 0 Å². The molecule has 0 aliphatic carbocycles. The first-order valence-electron chi connectivity index (χ1n) is 7.29. The van der Waals surface area contributed by atoms with Crippen molar-refractivity contribution in [2.24, 2.45) is 0 Å². The van der Waals surface area contributed by atoms with Crippen molar-refractivity contribution in [1.82, 2.24) is 0 Å². The number of nitrogens with one attached hydrogen (secondary N) is 2. The van der Waals surface area contributed by atoms with Crippen molar-refractivity contribution in [1.29, 1.82) is 0 Å². The van der Waals surface area contributed by atoms with Crippen LogP contribution in [0.3, 0.4) is 0 Å². The molecule has 1 aromatic carbocycles. The maximum atomic E-state index is 12.3. The van der Waals surface area contributed by atoms with Gasteiger partial charge in [0, 0.05) is 18.9 Å². The molecule has 0 radical (unpaired) electrons. The monoisotopic (exact) mass is 332 g/mol. The summed E-state index contributed by atoms with van der Waals surface area (Å²) >= 11 is 0. The van der Waals surface area contributed by atoms with Crippen molar-refractivity contribution in [3.8, 4) is 5.75 Å². The van der Waals surface area contributed by atoms with Crippen molar-refractivity contribution in [2.75, 3.05) is 31.5 Å². The maximum Gasteiger partial charge on any atom is 0.259 e. The van der Waals surface area contributed by atoms with Crippen LogP contribution >= 0.6 is 0 Å². The molecule has 2 N–H and O–H groups in total. The maximum absolute atomic E-state index is 12.3. The van der Waals surface area contributed by atoms with E-state index in [2.05, 4.69) is 10.6 Å². The van der Waals surface area contributed by atoms with E-state index in [0.717, 1.165) is 0 Å². The normalized spacial score (nSPS) is 10.3. The second kappa shape index (κ2) is 7.65. The van der Waals surface area contributed by atoms with Crippen LogP contribution in [0.25, 0.3) is 0 Å². The fraction of sp³-hybridized carbons (Fsp3) is 0.294. The Morgan fingerprint density at radius 3 is 2.46 bits per heavy atom. The number of benzene rings is 1. The Hall–Kier alpha value is -2.80. The molecule has 2 amide bonds. The Balaban J connectivity index is 2.15. The van der Waals surface area contributed by atoms with Crippen LogP contribution in [0.15, 0.2) is 28.7 Å². The molecule has 0 aliphatic rings. The van der Waals surface area contributed by atoms with E-state index in [1.807, 2.05) is 0 Å². The summed E-state index contributed by atoms with van der Waals surface area (Å²) in [6.45, 7) is 3.46. The summed E-state index contributed by atoms with van der Waals surface area (Å²) in [4.78, 5) is 23.9. The van der Waals surface area contributed by atoms with Crippen molar-refractivity contribution in [3.05, 3.63) is 41.3 Å². The van der Waals surface area contributed by atoms with Gasteiger partial charge in [-0.3, -0.25) is 9.59 Å². The number of anilines is 2. The molecule has 24 heavy (non-hydrogen) atoms. The highest BCUT2D eigenvalue weighted by molar-refractivity contribution is 6.05. The second-order valence-electron chi connectivity index (χ2n) is 5.18. The minimum atomic E-state index is -0.294. The molecule has 1 heterocycles. The fourth-order valence-corrected chi connectivity index (χ4v) is 2.24. The summed E-state index contributed by atoms with van der Waals surface area (Å²) in [7, 11) is 2.92. The van der Waals surface area contributed by atoms with E-state index in [1.165, 1.54) is 14.2 Å². The predicted molar refractivity (Wildman–Crippen MR) is 89.6 cm³/mol. The van der Waals surface area contributed by atoms with E-state index >= 15 is 0 Å². The Labute approximate surface area is 139 Å². The molecule has 0 saturated heterocycles. The number of amides is 2. The Morgan fingerprint density at radius 1 is 1.12 bits per heavy atom. The SMILES string of the molecule is COCC(=O)Nc1ccc(NC(=O)c2cc(C)oc2C)cc1OC. The number of methoxy groups -OCH3 is 2. The minimum absolute atomic E-state index is 0.0548. The highest BCUT2D eigenvalue weighted by Crippen LogP contribution is 2.28. The number of furan rings is 1. The molecule has 0 atom stereocenters. The molecule has 0 fully saturated rings. The molecule has 7 nitrogen and oxygen atoms in total. The quantitative estimate of drug-likeness (QED) is 0.849. The van der Waals surface area contributed by atoms with Crippen LogP contribution in [0.2, 0.25) is 0 Å². The lowest BCUT2D eigenvalue weighted by Gasteiger charge is -2.12. The van der Waals surface area contributed by atoms with Gasteiger partial charge in [0.1, 0.15) is 23.9 Å². The second-order valence-corrected chi connectivity index (χ2v) is 5.18. The highest BCUT2D eigenvalue weighted by Gasteiger charge is 2.15. The van der Waals surface area contributed by atoms with Crippen molar-refractivity contribution >= 4 is 23.2 Å². The molecule has 0 saturated carbocycles. The van der Waals surface area contributed by atoms with Gasteiger partial charge in [-0.1, -0.05) is 0 Å². The van der Waals surface area contributed by atoms with Crippen LogP contribution in [-0.2, 0) is 9.53 Å². The summed E-state index contributed by atoms with van der Waals surface area (Å²) < 4.78 is 15.4. The zero-order valence-electron chi connectivity index (χ0n) is 14.1. The lowest BCUT2D eigenvalue weighted by Crippen LogP contribution is -2.18. The first-order valence-corrected chi connectivity index (χ1v) is 7.29. The first-order chi connectivity index (χ1) is 11.4. The van der Waals surface area contributed by atoms with Crippen LogP contribution in [0.4, 0.5) is 11.4 Å². The molecule has 0 unspecified atom stereocenters. The molecule has 7 heteroatoms. The van der Waals surface area contributed by atoms with Gasteiger partial charge in [-0.2, -0.15) is 0 Å². The third-order valence-electron chi connectivity index (χ3n) is 3.29. The number of aryl methyl sites for hydroxylation is 2. The van der Waals surface area contributed by atoms with Crippen molar-refractivity contribution < 1.29 is 23.5 Å². The van der Waals surface area contributed by atoms with Crippen molar-refractivity contribution in [3.63, 3.8) is 0 Å². The molecule has 2 aromatic rings. The summed E-state index contributed by atoms with van der Waals surface area (Å²) in [5, 5.41) is 5.45. The van der Waals surface area contributed by atoms with E-state index in [1.54, 1.807) is 38.1 Å². The fourth-order valence-electron chi connectivity index (χ4n) is 2.24. The first kappa shape index (κ1) is 17.6. The molecule has 2 rings (SSSR count). The topological polar surface area (TPSA) is 89.8 Å². The average molecular weight is 332 g/mol. The molecular formula is C17H20N2O5. The van der Waals surface area contributed by atoms with E-state index in [0.29, 0.717) is 34.2 Å². The zero-order chi connectivity index (χ0) is 17.7. The van der Waals surface area contributed by atoms with Gasteiger partial charge < -0.3 is 24.5 Å². The van der Waals surface area contributed by atoms with Gasteiger partial charge in [-0.25, -0.2) is 0 Å². The van der Waals surface area contributed by atoms with E-state index in [9.17, 15) is 9.59 Å².